The summed E-state index contributed by atoms with van der Waals surface area (Å²) in [5, 5.41) is 4.97. The van der Waals surface area contributed by atoms with Crippen LogP contribution in [0.25, 0.3) is 71.6 Å². The lowest BCUT2D eigenvalue weighted by Gasteiger charge is -2.44. The minimum Gasteiger partial charge on any atom is -0.309 e. The van der Waals surface area contributed by atoms with Gasteiger partial charge in [0.05, 0.1) is 22.4 Å². The van der Waals surface area contributed by atoms with Crippen LogP contribution in [-0.4, -0.2) is 4.57 Å². The monoisotopic (exact) mass is 806 g/mol. The van der Waals surface area contributed by atoms with Crippen molar-refractivity contribution in [3.05, 3.63) is 217 Å². The van der Waals surface area contributed by atoms with Crippen LogP contribution in [0.2, 0.25) is 0 Å². The molecule has 10 aromatic rings. The van der Waals surface area contributed by atoms with Crippen molar-refractivity contribution in [2.75, 3.05) is 4.90 Å². The molecule has 5 aliphatic carbocycles. The third-order valence-corrected chi connectivity index (χ3v) is 15.9. The molecule has 15 rings (SSSR count). The Labute approximate surface area is 368 Å². The number of aromatic nitrogens is 1. The molecule has 2 nitrogen and oxygen atoms in total. The highest BCUT2D eigenvalue weighted by atomic mass is 15.1. The Balaban J connectivity index is 1.06. The van der Waals surface area contributed by atoms with Gasteiger partial charge in [0, 0.05) is 38.5 Å². The first-order valence-electron chi connectivity index (χ1n) is 23.0. The molecule has 4 saturated carbocycles. The van der Waals surface area contributed by atoms with E-state index in [1.165, 1.54) is 91.6 Å². The summed E-state index contributed by atoms with van der Waals surface area (Å²) in [6.07, 6.45) is 5.57. The van der Waals surface area contributed by atoms with E-state index < -0.39 is 0 Å². The molecule has 0 amide bonds. The number of para-hydroxylation sites is 3. The van der Waals surface area contributed by atoms with Gasteiger partial charge in [0.1, 0.15) is 0 Å². The van der Waals surface area contributed by atoms with Crippen LogP contribution in [0, 0.1) is 23.7 Å². The van der Waals surface area contributed by atoms with Crippen molar-refractivity contribution in [1.29, 1.82) is 0 Å². The number of anilines is 3. The third kappa shape index (κ3) is 5.01. The summed E-state index contributed by atoms with van der Waals surface area (Å²) in [5.74, 6) is 3.21. The minimum absolute atomic E-state index is 0.108. The van der Waals surface area contributed by atoms with Crippen molar-refractivity contribution in [1.82, 2.24) is 4.57 Å². The fourth-order valence-corrected chi connectivity index (χ4v) is 13.7. The van der Waals surface area contributed by atoms with Crippen molar-refractivity contribution in [3.8, 4) is 39.1 Å². The molecule has 1 spiro atoms. The van der Waals surface area contributed by atoms with Gasteiger partial charge < -0.3 is 9.47 Å². The zero-order valence-electron chi connectivity index (χ0n) is 35.2. The first kappa shape index (κ1) is 35.4. The number of nitrogens with zero attached hydrogens (tertiary/aromatic N) is 2. The van der Waals surface area contributed by atoms with Crippen LogP contribution in [0.3, 0.4) is 0 Å². The SMILES string of the molecule is c1ccc(-c2ccccc2N(c2cc(-c3ccc4c(c3)C3(c5ccccc5-4)C4CC5CC(C4)C3C5)cc(-n3c4ccccc4c4ccccc43)c2)c2cccc3ccccc23)cc1. The molecule has 9 aromatic carbocycles. The van der Waals surface area contributed by atoms with E-state index in [9.17, 15) is 0 Å². The molecule has 0 N–H and O–H groups in total. The van der Waals surface area contributed by atoms with Crippen LogP contribution in [0.1, 0.15) is 36.8 Å². The predicted molar refractivity (Wildman–Crippen MR) is 262 cm³/mol. The summed E-state index contributed by atoms with van der Waals surface area (Å²) in [5.41, 5.74) is 18.1. The lowest BCUT2D eigenvalue weighted by atomic mass is 9.59. The lowest BCUT2D eigenvalue weighted by molar-refractivity contribution is 0.191. The molecule has 5 atom stereocenters. The van der Waals surface area contributed by atoms with Gasteiger partial charge in [0.15, 0.2) is 0 Å². The van der Waals surface area contributed by atoms with Crippen molar-refractivity contribution in [2.24, 2.45) is 23.7 Å². The van der Waals surface area contributed by atoms with E-state index >= 15 is 0 Å². The maximum Gasteiger partial charge on any atom is 0.0541 e. The average Bonchev–Trinajstić information content (AvgIpc) is 4.01. The number of benzene rings is 9. The topological polar surface area (TPSA) is 8.17 Å². The second-order valence-corrected chi connectivity index (χ2v) is 18.9. The summed E-state index contributed by atoms with van der Waals surface area (Å²) in [6.45, 7) is 0. The van der Waals surface area contributed by atoms with Crippen molar-refractivity contribution >= 4 is 49.6 Å². The summed E-state index contributed by atoms with van der Waals surface area (Å²) >= 11 is 0. The van der Waals surface area contributed by atoms with Crippen LogP contribution in [0.5, 0.6) is 0 Å². The highest BCUT2D eigenvalue weighted by Crippen LogP contribution is 2.73. The molecule has 2 heteroatoms. The van der Waals surface area contributed by atoms with Crippen molar-refractivity contribution < 1.29 is 0 Å². The van der Waals surface area contributed by atoms with Gasteiger partial charge in [-0.15, -0.1) is 0 Å². The first-order chi connectivity index (χ1) is 31.2. The Morgan fingerprint density at radius 2 is 1.10 bits per heavy atom. The van der Waals surface area contributed by atoms with Crippen LogP contribution >= 0.6 is 0 Å². The maximum atomic E-state index is 2.65. The Morgan fingerprint density at radius 3 is 1.92 bits per heavy atom. The van der Waals surface area contributed by atoms with Crippen LogP contribution in [0.15, 0.2) is 206 Å². The van der Waals surface area contributed by atoms with Crippen LogP contribution < -0.4 is 4.90 Å². The van der Waals surface area contributed by atoms with Gasteiger partial charge in [-0.3, -0.25) is 0 Å². The van der Waals surface area contributed by atoms with Crippen LogP contribution in [0.4, 0.5) is 17.1 Å². The van der Waals surface area contributed by atoms with Gasteiger partial charge in [-0.05, 0) is 142 Å². The molecule has 300 valence electrons. The second-order valence-electron chi connectivity index (χ2n) is 18.9. The van der Waals surface area contributed by atoms with Crippen molar-refractivity contribution in [2.45, 2.75) is 31.1 Å². The number of fused-ring (bicyclic) bond motifs is 7. The Kier molecular flexibility index (Phi) is 7.55. The van der Waals surface area contributed by atoms with Gasteiger partial charge in [-0.1, -0.05) is 158 Å². The van der Waals surface area contributed by atoms with E-state index in [0.29, 0.717) is 5.92 Å². The summed E-state index contributed by atoms with van der Waals surface area (Å²) < 4.78 is 2.50. The Bertz CT molecular complexity index is 3400. The summed E-state index contributed by atoms with van der Waals surface area (Å²) in [4.78, 5) is 2.53. The molecule has 0 aliphatic heterocycles. The number of hydrogen-bond acceptors (Lipinski definition) is 1. The molecule has 5 aliphatic rings. The van der Waals surface area contributed by atoms with E-state index in [2.05, 4.69) is 216 Å². The molecule has 4 bridgehead atoms. The fourth-order valence-electron chi connectivity index (χ4n) is 13.7. The summed E-state index contributed by atoms with van der Waals surface area (Å²) in [6, 6.07) is 77.7. The lowest BCUT2D eigenvalue weighted by Crippen LogP contribution is -2.40. The zero-order valence-corrected chi connectivity index (χ0v) is 35.2. The number of hydrogen-bond donors (Lipinski definition) is 0. The fraction of sp³-hybridized carbons (Fsp3) is 0.148. The van der Waals surface area contributed by atoms with E-state index in [1.807, 2.05) is 0 Å². The van der Waals surface area contributed by atoms with Gasteiger partial charge in [-0.25, -0.2) is 0 Å². The van der Waals surface area contributed by atoms with E-state index in [-0.39, 0.29) is 5.41 Å². The molecular weight excluding hydrogens is 761 g/mol. The molecule has 1 aromatic heterocycles. The molecule has 0 saturated heterocycles. The Morgan fingerprint density at radius 1 is 0.429 bits per heavy atom. The third-order valence-electron chi connectivity index (χ3n) is 15.9. The highest BCUT2D eigenvalue weighted by Gasteiger charge is 2.65. The van der Waals surface area contributed by atoms with Gasteiger partial charge in [0.2, 0.25) is 0 Å². The molecule has 0 radical (unpaired) electrons. The van der Waals surface area contributed by atoms with E-state index in [4.69, 9.17) is 0 Å². The summed E-state index contributed by atoms with van der Waals surface area (Å²) in [7, 11) is 0. The minimum atomic E-state index is 0.108. The van der Waals surface area contributed by atoms with E-state index in [0.717, 1.165) is 40.5 Å². The average molecular weight is 807 g/mol. The maximum absolute atomic E-state index is 2.65. The molecule has 1 heterocycles. The smallest absolute Gasteiger partial charge is 0.0541 e. The van der Waals surface area contributed by atoms with Crippen LogP contribution in [-0.2, 0) is 5.41 Å². The highest BCUT2D eigenvalue weighted by molar-refractivity contribution is 6.09. The molecule has 4 fully saturated rings. The van der Waals surface area contributed by atoms with Crippen molar-refractivity contribution in [3.63, 3.8) is 0 Å². The van der Waals surface area contributed by atoms with Gasteiger partial charge in [-0.2, -0.15) is 0 Å². The Hall–Kier alpha value is -7.16. The quantitative estimate of drug-likeness (QED) is 0.162. The number of rotatable bonds is 6. The van der Waals surface area contributed by atoms with Gasteiger partial charge >= 0.3 is 0 Å². The molecule has 63 heavy (non-hydrogen) atoms. The van der Waals surface area contributed by atoms with Gasteiger partial charge in [0.25, 0.3) is 0 Å². The largest absolute Gasteiger partial charge is 0.309 e. The normalized spacial score (nSPS) is 21.5. The molecular formula is C61H46N2. The first-order valence-corrected chi connectivity index (χ1v) is 23.0. The second kappa shape index (κ2) is 13.4. The zero-order chi connectivity index (χ0) is 41.2. The molecule has 5 unspecified atom stereocenters. The predicted octanol–water partition coefficient (Wildman–Crippen LogP) is 16.1. The standard InChI is InChI=1S/C61H46N2/c1-2-15-40(16-3-1)48-20-7-11-25-57(48)62(58-28-14-18-41-17-4-5-19-49(41)58)46-35-43(36-47(38-46)63-59-26-12-8-22-52(59)53-23-9-13-27-60(53)63)42-29-30-51-50-21-6-10-24-54(50)61(56(51)37-42)45-32-39-31-44(34-45)55(61)33-39/h1-30,35-39,44-45,55H,31-34H2. The van der Waals surface area contributed by atoms with E-state index in [1.54, 1.807) is 11.1 Å².